The van der Waals surface area contributed by atoms with E-state index in [0.717, 1.165) is 6.07 Å². The first-order valence-electron chi connectivity index (χ1n) is 9.78. The van der Waals surface area contributed by atoms with Gasteiger partial charge in [0.2, 0.25) is 0 Å². The Morgan fingerprint density at radius 1 is 1.05 bits per heavy atom. The molecule has 18 heteroatoms. The highest BCUT2D eigenvalue weighted by Gasteiger charge is 2.22. The Balaban J connectivity index is 2.04. The van der Waals surface area contributed by atoms with E-state index in [1.54, 1.807) is 0 Å². The van der Waals surface area contributed by atoms with Gasteiger partial charge in [-0.15, -0.1) is 22.9 Å². The number of benzene rings is 3. The predicted octanol–water partition coefficient (Wildman–Crippen LogP) is 2.60. The summed E-state index contributed by atoms with van der Waals surface area (Å²) in [6, 6.07) is 6.56. The molecule has 0 saturated carbocycles. The maximum absolute atomic E-state index is 12.5. The van der Waals surface area contributed by atoms with Crippen molar-refractivity contribution in [1.29, 1.82) is 0 Å². The van der Waals surface area contributed by atoms with E-state index in [0.29, 0.717) is 0 Å². The van der Waals surface area contributed by atoms with Crippen molar-refractivity contribution in [2.75, 3.05) is 30.9 Å². The van der Waals surface area contributed by atoms with Gasteiger partial charge >= 0.3 is 10.4 Å². The zero-order valence-corrected chi connectivity index (χ0v) is 22.1. The zero-order chi connectivity index (χ0) is 27.7. The maximum atomic E-state index is 12.5. The number of nitrogen functional groups attached to an aromatic ring is 2. The Kier molecular flexibility index (Phi) is 8.32. The molecule has 0 radical (unpaired) electrons. The molecular formula is C19H20N4O10S4. The Hall–Kier alpha value is -3.00. The average molecular weight is 593 g/mol. The van der Waals surface area contributed by atoms with Gasteiger partial charge < -0.3 is 21.3 Å². The van der Waals surface area contributed by atoms with Crippen molar-refractivity contribution in [3.05, 3.63) is 30.3 Å². The second-order valence-electron chi connectivity index (χ2n) is 7.20. The fourth-order valence-electron chi connectivity index (χ4n) is 3.19. The molecule has 0 spiro atoms. The number of rotatable bonds is 9. The number of thiol groups is 1. The van der Waals surface area contributed by atoms with Crippen LogP contribution in [0.4, 0.5) is 22.7 Å². The molecular weight excluding hydrogens is 572 g/mol. The van der Waals surface area contributed by atoms with Crippen LogP contribution in [0.1, 0.15) is 0 Å². The minimum Gasteiger partial charge on any atom is -0.505 e. The van der Waals surface area contributed by atoms with Gasteiger partial charge in [-0.2, -0.15) is 16.8 Å². The molecule has 37 heavy (non-hydrogen) atoms. The van der Waals surface area contributed by atoms with Crippen molar-refractivity contribution in [3.8, 4) is 11.5 Å². The smallest absolute Gasteiger partial charge is 0.397 e. The third kappa shape index (κ3) is 6.47. The number of methoxy groups -OCH3 is 1. The van der Waals surface area contributed by atoms with E-state index >= 15 is 0 Å². The second-order valence-corrected chi connectivity index (χ2v) is 11.7. The van der Waals surface area contributed by atoms with E-state index in [-0.39, 0.29) is 49.1 Å². The molecule has 3 rings (SSSR count). The topological polar surface area (TPSA) is 241 Å². The summed E-state index contributed by atoms with van der Waals surface area (Å²) >= 11 is 4.26. The molecule has 0 bridgehead atoms. The van der Waals surface area contributed by atoms with Gasteiger partial charge in [0, 0.05) is 9.79 Å². The van der Waals surface area contributed by atoms with Gasteiger partial charge in [0.25, 0.3) is 10.1 Å². The van der Waals surface area contributed by atoms with Crippen molar-refractivity contribution >= 4 is 77.5 Å². The van der Waals surface area contributed by atoms with Crippen LogP contribution in [0.5, 0.6) is 11.5 Å². The summed E-state index contributed by atoms with van der Waals surface area (Å²) in [6.07, 6.45) is 0. The Bertz CT molecular complexity index is 1660. The number of nitrogens with two attached hydrogens (primary N) is 2. The van der Waals surface area contributed by atoms with Crippen LogP contribution in [-0.4, -0.2) is 54.7 Å². The van der Waals surface area contributed by atoms with Crippen molar-refractivity contribution in [1.82, 2.24) is 0 Å². The van der Waals surface area contributed by atoms with Gasteiger partial charge in [-0.25, -0.2) is 4.18 Å². The average Bonchev–Trinajstić information content (AvgIpc) is 2.79. The first-order valence-corrected chi connectivity index (χ1v) is 14.3. The Labute approximate surface area is 218 Å². The van der Waals surface area contributed by atoms with Crippen molar-refractivity contribution in [2.45, 2.75) is 14.7 Å². The molecule has 0 aromatic heterocycles. The summed E-state index contributed by atoms with van der Waals surface area (Å²) in [5.41, 5.74) is 10.8. The van der Waals surface area contributed by atoms with Crippen LogP contribution in [-0.2, 0) is 35.5 Å². The van der Waals surface area contributed by atoms with Crippen LogP contribution in [0.3, 0.4) is 0 Å². The molecule has 0 aliphatic rings. The molecule has 1 unspecified atom stereocenters. The number of anilines is 2. The van der Waals surface area contributed by atoms with Crippen LogP contribution < -0.4 is 16.2 Å². The van der Waals surface area contributed by atoms with Gasteiger partial charge in [-0.3, -0.25) is 13.3 Å². The van der Waals surface area contributed by atoms with E-state index in [1.807, 2.05) is 0 Å². The summed E-state index contributed by atoms with van der Waals surface area (Å²) in [4.78, 5) is -0.381. The number of azo groups is 1. The van der Waals surface area contributed by atoms with E-state index in [4.69, 9.17) is 20.8 Å². The van der Waals surface area contributed by atoms with Crippen LogP contribution in [0.25, 0.3) is 10.8 Å². The molecule has 3 aromatic carbocycles. The van der Waals surface area contributed by atoms with Crippen LogP contribution in [0.2, 0.25) is 0 Å². The monoisotopic (exact) mass is 592 g/mol. The highest BCUT2D eigenvalue weighted by molar-refractivity contribution is 7.86. The molecule has 0 amide bonds. The van der Waals surface area contributed by atoms with Crippen molar-refractivity contribution < 1.29 is 44.2 Å². The van der Waals surface area contributed by atoms with Gasteiger partial charge in [0.05, 0.1) is 47.0 Å². The maximum Gasteiger partial charge on any atom is 0.397 e. The van der Waals surface area contributed by atoms with Gasteiger partial charge in [-0.1, -0.05) is 0 Å². The molecule has 0 heterocycles. The highest BCUT2D eigenvalue weighted by Crippen LogP contribution is 2.46. The van der Waals surface area contributed by atoms with Gasteiger partial charge in [-0.05, 0) is 35.7 Å². The van der Waals surface area contributed by atoms with Gasteiger partial charge in [0.1, 0.15) is 22.0 Å². The number of aromatic hydroxyl groups is 1. The predicted molar refractivity (Wildman–Crippen MR) is 137 cm³/mol. The summed E-state index contributed by atoms with van der Waals surface area (Å²) in [5, 5.41) is 18.9. The van der Waals surface area contributed by atoms with E-state index in [1.165, 1.54) is 31.4 Å². The molecule has 7 N–H and O–H groups in total. The Morgan fingerprint density at radius 3 is 2.32 bits per heavy atom. The van der Waals surface area contributed by atoms with E-state index < -0.39 is 54.3 Å². The number of nitrogens with zero attached hydrogens (tertiary/aromatic N) is 2. The molecule has 0 saturated heterocycles. The fraction of sp³-hybridized carbons (Fsp3) is 0.158. The minimum absolute atomic E-state index is 0.0558. The van der Waals surface area contributed by atoms with Crippen molar-refractivity contribution in [2.24, 2.45) is 10.2 Å². The van der Waals surface area contributed by atoms with Gasteiger partial charge in [0.15, 0.2) is 5.75 Å². The number of fused-ring (bicyclic) bond motifs is 1. The number of phenols is 1. The molecule has 0 fully saturated rings. The van der Waals surface area contributed by atoms with Crippen LogP contribution in [0.15, 0.2) is 55.2 Å². The fourth-order valence-corrected chi connectivity index (χ4v) is 5.47. The summed E-state index contributed by atoms with van der Waals surface area (Å²) in [5.74, 6) is -0.582. The quantitative estimate of drug-likeness (QED) is 0.0909. The standard InChI is InChI=1S/C19H20N4O10S4/c1-32-12-3-2-10(35(25)5-4-33-37(29,30)31)8-11(12)22-23-18-13(34)6-9-7-14(36(26,27)28)16(20)17(21)15(9)19(18)24/h2-3,6-8,24,34H,4-5,20-21H2,1H3,(H,26,27,28)(H,29,30,31). The minimum atomic E-state index is -4.70. The van der Waals surface area contributed by atoms with E-state index in [9.17, 15) is 30.7 Å². The molecule has 200 valence electrons. The third-order valence-electron chi connectivity index (χ3n) is 4.85. The number of phenolic OH excluding ortho intramolecular Hbond substituents is 1. The summed E-state index contributed by atoms with van der Waals surface area (Å²) in [6.45, 7) is -0.536. The lowest BCUT2D eigenvalue weighted by Gasteiger charge is -2.13. The van der Waals surface area contributed by atoms with Crippen molar-refractivity contribution in [3.63, 3.8) is 0 Å². The van der Waals surface area contributed by atoms with Crippen LogP contribution in [0, 0.1) is 0 Å². The molecule has 0 aliphatic heterocycles. The number of hydrogen-bond acceptors (Lipinski definition) is 13. The largest absolute Gasteiger partial charge is 0.505 e. The summed E-state index contributed by atoms with van der Waals surface area (Å²) in [7, 11) is -9.79. The molecule has 14 nitrogen and oxygen atoms in total. The Morgan fingerprint density at radius 2 is 1.73 bits per heavy atom. The zero-order valence-electron chi connectivity index (χ0n) is 18.7. The van der Waals surface area contributed by atoms with Crippen LogP contribution >= 0.6 is 12.6 Å². The lowest BCUT2D eigenvalue weighted by atomic mass is 10.1. The summed E-state index contributed by atoms with van der Waals surface area (Å²) < 4.78 is 84.4. The lowest BCUT2D eigenvalue weighted by Crippen LogP contribution is -2.11. The first-order chi connectivity index (χ1) is 17.1. The lowest BCUT2D eigenvalue weighted by molar-refractivity contribution is 0.284. The second kappa shape index (κ2) is 10.8. The normalized spacial score (nSPS) is 13.3. The highest BCUT2D eigenvalue weighted by atomic mass is 32.3. The third-order valence-corrected chi connectivity index (χ3v) is 7.86. The van der Waals surface area contributed by atoms with E-state index in [2.05, 4.69) is 27.0 Å². The SMILES string of the molecule is COc1ccc(S(=O)CCOS(=O)(=O)O)cc1N=Nc1c(S)cc2cc(S(=O)(=O)O)c(N)c(N)c2c1O. The molecule has 3 aromatic rings. The molecule has 1 atom stereocenters. The number of ether oxygens (including phenoxy) is 1. The number of hydrogen-bond donors (Lipinski definition) is 6. The molecule has 0 aliphatic carbocycles. The first kappa shape index (κ1) is 28.6.